The summed E-state index contributed by atoms with van der Waals surface area (Å²) in [6.45, 7) is 3.53. The predicted octanol–water partition coefficient (Wildman–Crippen LogP) is 1.17. The van der Waals surface area contributed by atoms with Gasteiger partial charge in [-0.1, -0.05) is 19.1 Å². The molecule has 2 rings (SSSR count). The van der Waals surface area contributed by atoms with Crippen LogP contribution >= 0.6 is 0 Å². The quantitative estimate of drug-likeness (QED) is 0.493. The molecule has 120 valence electrons. The van der Waals surface area contributed by atoms with E-state index >= 15 is 0 Å². The Morgan fingerprint density at radius 2 is 2.00 bits per heavy atom. The average molecular weight is 302 g/mol. The zero-order valence-corrected chi connectivity index (χ0v) is 13.1. The molecular weight excluding hydrogens is 276 g/mol. The molecule has 1 aliphatic heterocycles. The summed E-state index contributed by atoms with van der Waals surface area (Å²) < 4.78 is 0. The van der Waals surface area contributed by atoms with E-state index in [0.29, 0.717) is 18.3 Å². The summed E-state index contributed by atoms with van der Waals surface area (Å²) in [6.07, 6.45) is 2.95. The van der Waals surface area contributed by atoms with Crippen LogP contribution in [-0.2, 0) is 6.42 Å². The molecule has 0 aliphatic carbocycles. The van der Waals surface area contributed by atoms with Gasteiger partial charge in [-0.05, 0) is 49.4 Å². The molecule has 0 radical (unpaired) electrons. The Morgan fingerprint density at radius 1 is 1.32 bits per heavy atom. The Bertz CT molecular complexity index is 536. The van der Waals surface area contributed by atoms with Gasteiger partial charge in [-0.3, -0.25) is 5.41 Å². The number of amidine groups is 1. The molecule has 0 amide bonds. The van der Waals surface area contributed by atoms with Crippen LogP contribution in [0.5, 0.6) is 0 Å². The highest BCUT2D eigenvalue weighted by atomic mass is 15.3. The van der Waals surface area contributed by atoms with Gasteiger partial charge in [0.1, 0.15) is 5.84 Å². The fourth-order valence-corrected chi connectivity index (χ4v) is 3.03. The summed E-state index contributed by atoms with van der Waals surface area (Å²) >= 11 is 0. The lowest BCUT2D eigenvalue weighted by Crippen LogP contribution is -2.56. The summed E-state index contributed by atoms with van der Waals surface area (Å²) in [4.78, 5) is 6.38. The van der Waals surface area contributed by atoms with Crippen LogP contribution in [0.15, 0.2) is 29.3 Å². The fourth-order valence-electron chi connectivity index (χ4n) is 3.03. The average Bonchev–Trinajstić information content (AvgIpc) is 2.49. The molecule has 1 aliphatic rings. The SMILES string of the molecule is CC1CCCN(C(=N)N)C1C(N)=Nc1ccc(CCN)cc1. The number of aliphatic imine (C=N–C) groups is 1. The van der Waals surface area contributed by atoms with Crippen LogP contribution in [0.2, 0.25) is 0 Å². The number of nitrogens with zero attached hydrogens (tertiary/aromatic N) is 2. The van der Waals surface area contributed by atoms with E-state index in [0.717, 1.165) is 31.5 Å². The van der Waals surface area contributed by atoms with Crippen LogP contribution in [0.4, 0.5) is 5.69 Å². The maximum Gasteiger partial charge on any atom is 0.189 e. The highest BCUT2D eigenvalue weighted by Gasteiger charge is 2.32. The second-order valence-corrected chi connectivity index (χ2v) is 5.88. The van der Waals surface area contributed by atoms with Gasteiger partial charge in [0.2, 0.25) is 0 Å². The lowest BCUT2D eigenvalue weighted by Gasteiger charge is -2.39. The van der Waals surface area contributed by atoms with Gasteiger partial charge in [0.25, 0.3) is 0 Å². The van der Waals surface area contributed by atoms with Crippen molar-refractivity contribution in [2.75, 3.05) is 13.1 Å². The molecule has 1 heterocycles. The Balaban J connectivity index is 2.19. The van der Waals surface area contributed by atoms with Crippen molar-refractivity contribution < 1.29 is 0 Å². The standard InChI is InChI=1S/C16H26N6/c1-11-3-2-10-22(16(19)20)14(11)15(18)21-13-6-4-12(5-7-13)8-9-17/h4-7,11,14H,2-3,8-10,17H2,1H3,(H2,18,21)(H3,19,20). The molecule has 0 saturated carbocycles. The maximum absolute atomic E-state index is 7.74. The van der Waals surface area contributed by atoms with Crippen LogP contribution < -0.4 is 17.2 Å². The van der Waals surface area contributed by atoms with Crippen LogP contribution in [0.1, 0.15) is 25.3 Å². The molecule has 7 N–H and O–H groups in total. The van der Waals surface area contributed by atoms with Crippen molar-refractivity contribution in [1.82, 2.24) is 4.90 Å². The number of rotatable bonds is 4. The first-order valence-corrected chi connectivity index (χ1v) is 7.76. The van der Waals surface area contributed by atoms with Crippen molar-refractivity contribution in [2.24, 2.45) is 28.1 Å². The third-order valence-electron chi connectivity index (χ3n) is 4.17. The molecule has 1 fully saturated rings. The van der Waals surface area contributed by atoms with Crippen LogP contribution in [0, 0.1) is 11.3 Å². The minimum atomic E-state index is -0.102. The number of benzene rings is 1. The number of likely N-dealkylation sites (tertiary alicyclic amines) is 1. The van der Waals surface area contributed by atoms with Gasteiger partial charge in [0.15, 0.2) is 5.96 Å². The number of hydrogen-bond donors (Lipinski definition) is 4. The summed E-state index contributed by atoms with van der Waals surface area (Å²) in [7, 11) is 0. The molecule has 6 heteroatoms. The molecular formula is C16H26N6. The van der Waals surface area contributed by atoms with Crippen molar-refractivity contribution in [3.05, 3.63) is 29.8 Å². The first kappa shape index (κ1) is 16.3. The zero-order valence-electron chi connectivity index (χ0n) is 13.1. The van der Waals surface area contributed by atoms with Crippen molar-refractivity contribution in [3.8, 4) is 0 Å². The Morgan fingerprint density at radius 3 is 2.59 bits per heavy atom. The second kappa shape index (κ2) is 7.26. The normalized spacial score (nSPS) is 22.6. The molecule has 2 unspecified atom stereocenters. The first-order chi connectivity index (χ1) is 10.5. The van der Waals surface area contributed by atoms with Crippen LogP contribution in [-0.4, -0.2) is 35.8 Å². The van der Waals surface area contributed by atoms with Gasteiger partial charge in [-0.2, -0.15) is 0 Å². The van der Waals surface area contributed by atoms with Crippen molar-refractivity contribution >= 4 is 17.5 Å². The smallest absolute Gasteiger partial charge is 0.189 e. The minimum absolute atomic E-state index is 0.0630. The van der Waals surface area contributed by atoms with Crippen molar-refractivity contribution in [2.45, 2.75) is 32.2 Å². The van der Waals surface area contributed by atoms with Crippen LogP contribution in [0.25, 0.3) is 0 Å². The van der Waals surface area contributed by atoms with E-state index in [1.807, 2.05) is 29.2 Å². The summed E-state index contributed by atoms with van der Waals surface area (Å²) in [5.41, 5.74) is 19.5. The van der Waals surface area contributed by atoms with E-state index in [4.69, 9.17) is 22.6 Å². The van der Waals surface area contributed by atoms with Gasteiger partial charge < -0.3 is 22.1 Å². The van der Waals surface area contributed by atoms with E-state index in [2.05, 4.69) is 11.9 Å². The third kappa shape index (κ3) is 3.76. The number of nitrogens with two attached hydrogens (primary N) is 3. The number of guanidine groups is 1. The highest BCUT2D eigenvalue weighted by molar-refractivity contribution is 5.92. The zero-order chi connectivity index (χ0) is 16.1. The second-order valence-electron chi connectivity index (χ2n) is 5.88. The first-order valence-electron chi connectivity index (χ1n) is 7.76. The van der Waals surface area contributed by atoms with E-state index < -0.39 is 0 Å². The maximum atomic E-state index is 7.74. The fraction of sp³-hybridized carbons (Fsp3) is 0.500. The minimum Gasteiger partial charge on any atom is -0.385 e. The van der Waals surface area contributed by atoms with Crippen molar-refractivity contribution in [3.63, 3.8) is 0 Å². The topological polar surface area (TPSA) is 118 Å². The number of piperidine rings is 1. The monoisotopic (exact) mass is 302 g/mol. The lowest BCUT2D eigenvalue weighted by molar-refractivity contribution is 0.224. The number of hydrogen-bond acceptors (Lipinski definition) is 3. The van der Waals surface area contributed by atoms with Crippen LogP contribution in [0.3, 0.4) is 0 Å². The van der Waals surface area contributed by atoms with Gasteiger partial charge in [0.05, 0.1) is 11.7 Å². The van der Waals surface area contributed by atoms with Gasteiger partial charge in [-0.15, -0.1) is 0 Å². The Kier molecular flexibility index (Phi) is 5.38. The molecule has 2 atom stereocenters. The van der Waals surface area contributed by atoms with E-state index in [9.17, 15) is 0 Å². The van der Waals surface area contributed by atoms with Crippen molar-refractivity contribution in [1.29, 1.82) is 5.41 Å². The van der Waals surface area contributed by atoms with E-state index in [1.165, 1.54) is 5.56 Å². The lowest BCUT2D eigenvalue weighted by atomic mass is 9.90. The molecule has 1 aromatic rings. The molecule has 0 spiro atoms. The predicted molar refractivity (Wildman–Crippen MR) is 91.3 cm³/mol. The van der Waals surface area contributed by atoms with E-state index in [1.54, 1.807) is 0 Å². The highest BCUT2D eigenvalue weighted by Crippen LogP contribution is 2.24. The molecule has 22 heavy (non-hydrogen) atoms. The summed E-state index contributed by atoms with van der Waals surface area (Å²) in [6, 6.07) is 7.83. The largest absolute Gasteiger partial charge is 0.385 e. The molecule has 1 saturated heterocycles. The molecule has 1 aromatic carbocycles. The molecule has 0 bridgehead atoms. The Hall–Kier alpha value is -2.08. The summed E-state index contributed by atoms with van der Waals surface area (Å²) in [5, 5.41) is 7.74. The Labute approximate surface area is 131 Å². The summed E-state index contributed by atoms with van der Waals surface area (Å²) in [5.74, 6) is 0.917. The number of nitrogens with one attached hydrogen (secondary N) is 1. The van der Waals surface area contributed by atoms with Gasteiger partial charge >= 0.3 is 0 Å². The van der Waals surface area contributed by atoms with E-state index in [-0.39, 0.29) is 12.0 Å². The third-order valence-corrected chi connectivity index (χ3v) is 4.17. The molecule has 6 nitrogen and oxygen atoms in total. The van der Waals surface area contributed by atoms with Gasteiger partial charge in [-0.25, -0.2) is 4.99 Å². The molecule has 0 aromatic heterocycles. The van der Waals surface area contributed by atoms with Gasteiger partial charge in [0, 0.05) is 6.54 Å².